The summed E-state index contributed by atoms with van der Waals surface area (Å²) in [5.74, 6) is 0.685. The van der Waals surface area contributed by atoms with Gasteiger partial charge in [-0.15, -0.1) is 0 Å². The Morgan fingerprint density at radius 2 is 1.73 bits per heavy atom. The minimum absolute atomic E-state index is 0.685. The predicted molar refractivity (Wildman–Crippen MR) is 53.4 cm³/mol. The lowest BCUT2D eigenvalue weighted by Gasteiger charge is -2.03. The molecule has 0 radical (unpaired) electrons. The Hall–Kier alpha value is 0.510. The predicted octanol–water partition coefficient (Wildman–Crippen LogP) is 4.53. The smallest absolute Gasteiger partial charge is 0.284 e. The van der Waals surface area contributed by atoms with Crippen molar-refractivity contribution in [2.45, 2.75) is 0 Å². The molecule has 0 N–H and O–H groups in total. The standard InChI is InChI=1S/C6H4BrCl2OP/c7-5-1-3-6(4-2-5)10-11(8)9/h1-4H. The molecule has 1 aromatic carbocycles. The SMILES string of the molecule is ClP(Cl)Oc1ccc(Br)cc1. The van der Waals surface area contributed by atoms with Crippen molar-refractivity contribution in [2.75, 3.05) is 0 Å². The molecule has 0 saturated heterocycles. The molecule has 11 heavy (non-hydrogen) atoms. The number of halogens is 3. The first-order valence-electron chi connectivity index (χ1n) is 2.74. The van der Waals surface area contributed by atoms with Gasteiger partial charge in [0.2, 0.25) is 0 Å². The zero-order chi connectivity index (χ0) is 8.27. The van der Waals surface area contributed by atoms with Gasteiger partial charge >= 0.3 is 0 Å². The van der Waals surface area contributed by atoms with Gasteiger partial charge in [-0.2, -0.15) is 0 Å². The molecule has 0 fully saturated rings. The van der Waals surface area contributed by atoms with Crippen LogP contribution in [0.15, 0.2) is 28.7 Å². The van der Waals surface area contributed by atoms with Gasteiger partial charge in [0.15, 0.2) is 0 Å². The average Bonchev–Trinajstić information content (AvgIpc) is 1.93. The van der Waals surface area contributed by atoms with E-state index in [0.29, 0.717) is 5.75 Å². The van der Waals surface area contributed by atoms with E-state index in [-0.39, 0.29) is 0 Å². The highest BCUT2D eigenvalue weighted by Crippen LogP contribution is 2.47. The molecule has 5 heteroatoms. The van der Waals surface area contributed by atoms with Crippen LogP contribution in [0, 0.1) is 0 Å². The summed E-state index contributed by atoms with van der Waals surface area (Å²) < 4.78 is 6.04. The van der Waals surface area contributed by atoms with Crippen LogP contribution in [0.25, 0.3) is 0 Å². The average molecular weight is 274 g/mol. The maximum absolute atomic E-state index is 5.45. The molecule has 0 atom stereocenters. The third-order valence-electron chi connectivity index (χ3n) is 0.988. The third-order valence-corrected chi connectivity index (χ3v) is 2.28. The fraction of sp³-hybridized carbons (Fsp3) is 0. The molecule has 0 unspecified atom stereocenters. The van der Waals surface area contributed by atoms with Crippen molar-refractivity contribution in [1.82, 2.24) is 0 Å². The van der Waals surface area contributed by atoms with Gasteiger partial charge in [0.25, 0.3) is 6.85 Å². The highest BCUT2D eigenvalue weighted by molar-refractivity contribution is 9.10. The van der Waals surface area contributed by atoms with Crippen LogP contribution in [-0.2, 0) is 0 Å². The van der Waals surface area contributed by atoms with Crippen molar-refractivity contribution < 1.29 is 4.52 Å². The summed E-state index contributed by atoms with van der Waals surface area (Å²) in [5, 5.41) is 0. The first-order valence-corrected chi connectivity index (χ1v) is 6.60. The molecule has 0 amide bonds. The van der Waals surface area contributed by atoms with E-state index in [4.69, 9.17) is 27.0 Å². The van der Waals surface area contributed by atoms with E-state index in [1.165, 1.54) is 0 Å². The maximum Gasteiger partial charge on any atom is 0.284 e. The second-order valence-electron chi connectivity index (χ2n) is 1.75. The van der Waals surface area contributed by atoms with Gasteiger partial charge in [-0.3, -0.25) is 0 Å². The Balaban J connectivity index is 2.66. The summed E-state index contributed by atoms with van der Waals surface area (Å²) in [7, 11) is 0. The van der Waals surface area contributed by atoms with Crippen LogP contribution in [0.5, 0.6) is 5.75 Å². The van der Waals surface area contributed by atoms with E-state index in [9.17, 15) is 0 Å². The van der Waals surface area contributed by atoms with Crippen molar-refractivity contribution in [3.05, 3.63) is 28.7 Å². The zero-order valence-corrected chi connectivity index (χ0v) is 9.29. The van der Waals surface area contributed by atoms with E-state index >= 15 is 0 Å². The summed E-state index contributed by atoms with van der Waals surface area (Å²) in [4.78, 5) is 0. The first-order chi connectivity index (χ1) is 5.18. The molecule has 0 aliphatic carbocycles. The fourth-order valence-corrected chi connectivity index (χ4v) is 1.60. The summed E-state index contributed by atoms with van der Waals surface area (Å²) in [6.45, 7) is -1.36. The number of hydrogen-bond acceptors (Lipinski definition) is 1. The topological polar surface area (TPSA) is 9.23 Å². The van der Waals surface area contributed by atoms with Gasteiger partial charge < -0.3 is 4.52 Å². The van der Waals surface area contributed by atoms with Crippen molar-refractivity contribution >= 4 is 45.3 Å². The fourth-order valence-electron chi connectivity index (χ4n) is 0.575. The first kappa shape index (κ1) is 9.60. The lowest BCUT2D eigenvalue weighted by molar-refractivity contribution is 0.637. The third kappa shape index (κ3) is 3.62. The lowest BCUT2D eigenvalue weighted by Crippen LogP contribution is -1.76. The van der Waals surface area contributed by atoms with Crippen LogP contribution >= 0.6 is 45.3 Å². The summed E-state index contributed by atoms with van der Waals surface area (Å²) in [5.41, 5.74) is 0. The van der Waals surface area contributed by atoms with Crippen molar-refractivity contribution in [2.24, 2.45) is 0 Å². The van der Waals surface area contributed by atoms with Gasteiger partial charge in [0, 0.05) is 4.47 Å². The molecule has 60 valence electrons. The van der Waals surface area contributed by atoms with Crippen molar-refractivity contribution in [3.8, 4) is 5.75 Å². The quantitative estimate of drug-likeness (QED) is 0.719. The summed E-state index contributed by atoms with van der Waals surface area (Å²) >= 11 is 14.2. The largest absolute Gasteiger partial charge is 0.445 e. The molecule has 0 bridgehead atoms. The van der Waals surface area contributed by atoms with Gasteiger partial charge in [0.05, 0.1) is 0 Å². The van der Waals surface area contributed by atoms with E-state index < -0.39 is 6.85 Å². The maximum atomic E-state index is 5.45. The van der Waals surface area contributed by atoms with Crippen LogP contribution in [0.2, 0.25) is 0 Å². The summed E-state index contributed by atoms with van der Waals surface area (Å²) in [6.07, 6.45) is 0. The van der Waals surface area contributed by atoms with E-state index in [1.807, 2.05) is 12.1 Å². The van der Waals surface area contributed by atoms with Crippen LogP contribution < -0.4 is 4.52 Å². The molecule has 0 aromatic heterocycles. The van der Waals surface area contributed by atoms with E-state index in [2.05, 4.69) is 15.9 Å². The van der Waals surface area contributed by atoms with Crippen LogP contribution in [0.3, 0.4) is 0 Å². The van der Waals surface area contributed by atoms with Gasteiger partial charge in [0.1, 0.15) is 5.75 Å². The summed E-state index contributed by atoms with van der Waals surface area (Å²) in [6, 6.07) is 7.32. The minimum atomic E-state index is -1.36. The molecule has 1 nitrogen and oxygen atoms in total. The highest BCUT2D eigenvalue weighted by Gasteiger charge is 2.00. The molecule has 0 aliphatic rings. The van der Waals surface area contributed by atoms with Crippen LogP contribution in [0.1, 0.15) is 0 Å². The molecule has 0 aliphatic heterocycles. The molecule has 0 heterocycles. The van der Waals surface area contributed by atoms with Gasteiger partial charge in [-0.25, -0.2) is 0 Å². The Labute approximate surface area is 84.2 Å². The van der Waals surface area contributed by atoms with Crippen LogP contribution in [-0.4, -0.2) is 0 Å². The zero-order valence-electron chi connectivity index (χ0n) is 5.30. The van der Waals surface area contributed by atoms with Crippen molar-refractivity contribution in [3.63, 3.8) is 0 Å². The van der Waals surface area contributed by atoms with Gasteiger partial charge in [-0.1, -0.05) is 15.9 Å². The lowest BCUT2D eigenvalue weighted by atomic mass is 10.3. The normalized spacial score (nSPS) is 10.2. The molecule has 0 saturated carbocycles. The number of rotatable bonds is 2. The van der Waals surface area contributed by atoms with Gasteiger partial charge in [-0.05, 0) is 46.7 Å². The molecular formula is C6H4BrCl2OP. The molecule has 0 spiro atoms. The Morgan fingerprint density at radius 3 is 2.18 bits per heavy atom. The monoisotopic (exact) mass is 272 g/mol. The Morgan fingerprint density at radius 1 is 1.18 bits per heavy atom. The second kappa shape index (κ2) is 4.51. The van der Waals surface area contributed by atoms with Crippen LogP contribution in [0.4, 0.5) is 0 Å². The molecule has 1 rings (SSSR count). The highest BCUT2D eigenvalue weighted by atomic mass is 79.9. The second-order valence-corrected chi connectivity index (χ2v) is 5.61. The number of hydrogen-bond donors (Lipinski definition) is 0. The molecule has 1 aromatic rings. The van der Waals surface area contributed by atoms with E-state index in [1.54, 1.807) is 12.1 Å². The molecular weight excluding hydrogens is 270 g/mol. The Kier molecular flexibility index (Phi) is 3.94. The minimum Gasteiger partial charge on any atom is -0.445 e. The van der Waals surface area contributed by atoms with E-state index in [0.717, 1.165) is 4.47 Å². The van der Waals surface area contributed by atoms with Crippen molar-refractivity contribution in [1.29, 1.82) is 0 Å². The Bertz CT molecular complexity index is 227. The number of benzene rings is 1.